The first-order valence-corrected chi connectivity index (χ1v) is 7.14. The Balaban J connectivity index is 1.92. The van der Waals surface area contributed by atoms with Crippen LogP contribution >= 0.6 is 0 Å². The third kappa shape index (κ3) is 2.80. The number of hydrogen-bond donors (Lipinski definition) is 1. The monoisotopic (exact) mass is 298 g/mol. The van der Waals surface area contributed by atoms with Crippen LogP contribution in [0.1, 0.15) is 30.9 Å². The first-order valence-electron chi connectivity index (χ1n) is 9.64. The number of carbonyl (C=O) groups is 2. The quantitative estimate of drug-likeness (QED) is 0.681. The van der Waals surface area contributed by atoms with Crippen molar-refractivity contribution < 1.29 is 16.4 Å². The van der Waals surface area contributed by atoms with Gasteiger partial charge in [-0.25, -0.2) is 0 Å². The van der Waals surface area contributed by atoms with E-state index < -0.39 is 47.7 Å². The van der Waals surface area contributed by atoms with Gasteiger partial charge in [-0.05, 0) is 17.5 Å². The predicted octanol–water partition coefficient (Wildman–Crippen LogP) is 2.92. The molecule has 1 fully saturated rings. The van der Waals surface area contributed by atoms with Gasteiger partial charge in [-0.3, -0.25) is 9.59 Å². The molecular formula is C19H19NO2. The minimum Gasteiger partial charge on any atom is -0.347 e. The molecule has 2 aromatic rings. The van der Waals surface area contributed by atoms with Gasteiger partial charge in [0.25, 0.3) is 0 Å². The third-order valence-electron chi connectivity index (χ3n) is 3.80. The number of β-lactam (4-membered cyclic amide) rings is 1. The molecule has 1 aliphatic heterocycles. The summed E-state index contributed by atoms with van der Waals surface area (Å²) in [5.74, 6) is -2.83. The molecule has 3 rings (SSSR count). The van der Waals surface area contributed by atoms with Crippen LogP contribution < -0.4 is 5.32 Å². The van der Waals surface area contributed by atoms with E-state index in [4.69, 9.17) is 6.85 Å². The fourth-order valence-corrected chi connectivity index (χ4v) is 2.60. The Labute approximate surface area is 137 Å². The average Bonchev–Trinajstić information content (AvgIpc) is 2.63. The summed E-state index contributed by atoms with van der Waals surface area (Å²) < 4.78 is 39.8. The van der Waals surface area contributed by atoms with Crippen LogP contribution in [0.2, 0.25) is 0 Å². The summed E-state index contributed by atoms with van der Waals surface area (Å²) in [6.45, 7) is 1.70. The summed E-state index contributed by atoms with van der Waals surface area (Å²) in [5, 5.41) is 2.36. The lowest BCUT2D eigenvalue weighted by molar-refractivity contribution is -0.145. The van der Waals surface area contributed by atoms with Crippen molar-refractivity contribution >= 4 is 11.7 Å². The van der Waals surface area contributed by atoms with Crippen molar-refractivity contribution in [3.8, 4) is 0 Å². The van der Waals surface area contributed by atoms with Gasteiger partial charge in [0.05, 0.1) is 12.9 Å². The Morgan fingerprint density at radius 2 is 2.05 bits per heavy atom. The summed E-state index contributed by atoms with van der Waals surface area (Å²) in [4.78, 5) is 25.0. The van der Waals surface area contributed by atoms with Gasteiger partial charge in [0.2, 0.25) is 5.91 Å². The number of hydrogen-bond acceptors (Lipinski definition) is 2. The molecule has 0 aliphatic carbocycles. The molecule has 112 valence electrons. The molecule has 0 radical (unpaired) electrons. The fourth-order valence-electron chi connectivity index (χ4n) is 2.60. The Morgan fingerprint density at radius 1 is 1.27 bits per heavy atom. The highest BCUT2D eigenvalue weighted by molar-refractivity contribution is 6.07. The lowest BCUT2D eigenvalue weighted by Gasteiger charge is -2.37. The Morgan fingerprint density at radius 3 is 2.77 bits per heavy atom. The van der Waals surface area contributed by atoms with E-state index in [0.29, 0.717) is 6.42 Å². The molecule has 1 aliphatic rings. The van der Waals surface area contributed by atoms with Crippen LogP contribution in [-0.4, -0.2) is 11.7 Å². The van der Waals surface area contributed by atoms with Gasteiger partial charge in [0.15, 0.2) is 5.78 Å². The number of Topliss-reactive ketones (excluding diaryl/α,β-unsaturated/α-hetero) is 1. The Hall–Kier alpha value is -2.42. The number of carbonyl (C=O) groups excluding carboxylic acids is 2. The summed E-state index contributed by atoms with van der Waals surface area (Å²) in [5.41, 5.74) is 0.841. The molecule has 2 aromatic carbocycles. The standard InChI is InChI=1S/C19H19NO2/c1-13(12-14-8-4-2-5-9-14)18(21)16-17(20-19(16)22)15-10-6-3-7-11-15/h2-11,13,16-17H,12H2,1H3,(H,20,22)/i3D,6D,7D,10D,17D. The van der Waals surface area contributed by atoms with E-state index >= 15 is 0 Å². The van der Waals surface area contributed by atoms with E-state index in [1.807, 2.05) is 30.3 Å². The largest absolute Gasteiger partial charge is 0.347 e. The molecule has 1 saturated heterocycles. The zero-order valence-electron chi connectivity index (χ0n) is 17.1. The maximum Gasteiger partial charge on any atom is 0.233 e. The normalized spacial score (nSPS) is 28.1. The van der Waals surface area contributed by atoms with Crippen molar-refractivity contribution in [2.24, 2.45) is 11.8 Å². The van der Waals surface area contributed by atoms with Crippen LogP contribution in [0.25, 0.3) is 0 Å². The molecule has 0 aromatic heterocycles. The highest BCUT2D eigenvalue weighted by Gasteiger charge is 2.46. The topological polar surface area (TPSA) is 46.2 Å². The minimum absolute atomic E-state index is 0.0987. The first kappa shape index (κ1) is 9.57. The number of ketones is 1. The van der Waals surface area contributed by atoms with Crippen LogP contribution in [0.3, 0.4) is 0 Å². The van der Waals surface area contributed by atoms with E-state index in [9.17, 15) is 9.59 Å². The van der Waals surface area contributed by atoms with Crippen LogP contribution in [0, 0.1) is 11.8 Å². The fraction of sp³-hybridized carbons (Fsp3) is 0.263. The zero-order chi connectivity index (χ0) is 19.9. The van der Waals surface area contributed by atoms with Crippen molar-refractivity contribution in [3.05, 3.63) is 71.7 Å². The SMILES string of the molecule is [2H]c1cc(C2([2H])NC(=O)C2C(=O)C(C)Cc2ccccc2)c([2H])c([2H])c1[2H]. The Bertz CT molecular complexity index is 918. The van der Waals surface area contributed by atoms with E-state index in [1.54, 1.807) is 6.92 Å². The molecule has 3 nitrogen and oxygen atoms in total. The number of nitrogens with one attached hydrogen (secondary N) is 1. The summed E-state index contributed by atoms with van der Waals surface area (Å²) >= 11 is 0. The lowest BCUT2D eigenvalue weighted by Crippen LogP contribution is -2.56. The van der Waals surface area contributed by atoms with Gasteiger partial charge in [-0.1, -0.05) is 67.5 Å². The number of rotatable bonds is 5. The van der Waals surface area contributed by atoms with E-state index in [2.05, 4.69) is 5.32 Å². The van der Waals surface area contributed by atoms with Crippen molar-refractivity contribution in [3.63, 3.8) is 0 Å². The maximum absolute atomic E-state index is 12.9. The predicted molar refractivity (Wildman–Crippen MR) is 85.1 cm³/mol. The van der Waals surface area contributed by atoms with Crippen molar-refractivity contribution in [2.75, 3.05) is 0 Å². The minimum atomic E-state index is -1.89. The number of amides is 1. The molecule has 0 bridgehead atoms. The second kappa shape index (κ2) is 6.14. The molecule has 22 heavy (non-hydrogen) atoms. The van der Waals surface area contributed by atoms with Gasteiger partial charge in [-0.2, -0.15) is 0 Å². The highest BCUT2D eigenvalue weighted by atomic mass is 16.2. The smallest absolute Gasteiger partial charge is 0.233 e. The molecule has 1 heterocycles. The molecule has 0 spiro atoms. The first-order chi connectivity index (χ1) is 12.7. The molecule has 1 N–H and O–H groups in total. The summed E-state index contributed by atoms with van der Waals surface area (Å²) in [7, 11) is 0. The summed E-state index contributed by atoms with van der Waals surface area (Å²) in [6, 6.07) is 6.93. The van der Waals surface area contributed by atoms with Crippen LogP contribution in [0.4, 0.5) is 0 Å². The number of benzene rings is 2. The van der Waals surface area contributed by atoms with Gasteiger partial charge in [0.1, 0.15) is 5.92 Å². The van der Waals surface area contributed by atoms with E-state index in [-0.39, 0.29) is 11.6 Å². The van der Waals surface area contributed by atoms with Gasteiger partial charge in [-0.15, -0.1) is 0 Å². The molecule has 0 saturated carbocycles. The van der Waals surface area contributed by atoms with Crippen LogP contribution in [0.15, 0.2) is 60.6 Å². The second-order valence-corrected chi connectivity index (χ2v) is 5.41. The van der Waals surface area contributed by atoms with Crippen LogP contribution in [-0.2, 0) is 16.0 Å². The second-order valence-electron chi connectivity index (χ2n) is 5.41. The molecule has 3 unspecified atom stereocenters. The lowest BCUT2D eigenvalue weighted by atomic mass is 9.77. The maximum atomic E-state index is 12.9. The average molecular weight is 298 g/mol. The molecule has 3 atom stereocenters. The molecule has 1 amide bonds. The van der Waals surface area contributed by atoms with Crippen molar-refractivity contribution in [1.29, 1.82) is 0 Å². The third-order valence-corrected chi connectivity index (χ3v) is 3.80. The van der Waals surface area contributed by atoms with E-state index in [1.165, 1.54) is 0 Å². The van der Waals surface area contributed by atoms with Gasteiger partial charge >= 0.3 is 0 Å². The van der Waals surface area contributed by atoms with E-state index in [0.717, 1.165) is 11.6 Å². The van der Waals surface area contributed by atoms with Crippen LogP contribution in [0.5, 0.6) is 0 Å². The van der Waals surface area contributed by atoms with Gasteiger partial charge in [0, 0.05) is 5.92 Å². The van der Waals surface area contributed by atoms with Crippen molar-refractivity contribution in [1.82, 2.24) is 5.32 Å². The zero-order valence-corrected chi connectivity index (χ0v) is 12.1. The summed E-state index contributed by atoms with van der Waals surface area (Å²) in [6.07, 6.45) is 0.423. The Kier molecular flexibility index (Phi) is 2.67. The molecule has 3 heteroatoms. The molecular weight excluding hydrogens is 274 g/mol. The van der Waals surface area contributed by atoms with Gasteiger partial charge < -0.3 is 5.32 Å². The van der Waals surface area contributed by atoms with Crippen molar-refractivity contribution in [2.45, 2.75) is 19.4 Å². The highest BCUT2D eigenvalue weighted by Crippen LogP contribution is 2.33.